The van der Waals surface area contributed by atoms with Crippen molar-refractivity contribution in [2.75, 3.05) is 0 Å². The molecule has 0 saturated carbocycles. The summed E-state index contributed by atoms with van der Waals surface area (Å²) >= 11 is 0. The Labute approximate surface area is 87.0 Å². The van der Waals surface area contributed by atoms with E-state index in [1.165, 1.54) is 0 Å². The first-order valence-corrected chi connectivity index (χ1v) is 4.91. The van der Waals surface area contributed by atoms with Crippen LogP contribution in [0.4, 0.5) is 0 Å². The number of rotatable bonds is 2. The first-order valence-electron chi connectivity index (χ1n) is 4.91. The van der Waals surface area contributed by atoms with Crippen LogP contribution in [-0.4, -0.2) is 9.97 Å². The molecule has 0 saturated heterocycles. The summed E-state index contributed by atoms with van der Waals surface area (Å²) < 4.78 is 5.09. The van der Waals surface area contributed by atoms with E-state index in [1.54, 1.807) is 18.3 Å². The summed E-state index contributed by atoms with van der Waals surface area (Å²) in [6, 6.07) is 3.36. The minimum absolute atomic E-state index is 0.358. The van der Waals surface area contributed by atoms with E-state index in [9.17, 15) is 4.79 Å². The number of nitrogens with zero attached hydrogens (tertiary/aromatic N) is 2. The molecule has 2 aromatic rings. The largest absolute Gasteiger partial charge is 0.408 e. The molecule has 0 N–H and O–H groups in total. The van der Waals surface area contributed by atoms with Gasteiger partial charge in [0.15, 0.2) is 5.65 Å². The number of hydrogen-bond acceptors (Lipinski definition) is 4. The third-order valence-electron chi connectivity index (χ3n) is 2.03. The molecule has 2 rings (SSSR count). The van der Waals surface area contributed by atoms with Crippen LogP contribution < -0.4 is 5.63 Å². The predicted molar refractivity (Wildman–Crippen MR) is 56.6 cm³/mol. The highest BCUT2D eigenvalue weighted by atomic mass is 16.4. The molecule has 0 radical (unpaired) electrons. The molecule has 4 heteroatoms. The maximum Gasteiger partial charge on any atom is 0.348 e. The Morgan fingerprint density at radius 1 is 1.47 bits per heavy atom. The van der Waals surface area contributed by atoms with Crippen LogP contribution in [0.1, 0.15) is 19.7 Å². The summed E-state index contributed by atoms with van der Waals surface area (Å²) in [6.07, 6.45) is 2.27. The molecule has 0 unspecified atom stereocenters. The Hall–Kier alpha value is -1.71. The van der Waals surface area contributed by atoms with Crippen LogP contribution in [0.2, 0.25) is 0 Å². The van der Waals surface area contributed by atoms with Gasteiger partial charge in [-0.25, -0.2) is 9.78 Å². The highest BCUT2D eigenvalue weighted by Crippen LogP contribution is 2.07. The minimum Gasteiger partial charge on any atom is -0.408 e. The quantitative estimate of drug-likeness (QED) is 0.748. The van der Waals surface area contributed by atoms with Gasteiger partial charge in [0.1, 0.15) is 5.39 Å². The van der Waals surface area contributed by atoms with Crippen molar-refractivity contribution in [3.8, 4) is 0 Å². The molecule has 4 nitrogen and oxygen atoms in total. The lowest BCUT2D eigenvalue weighted by Crippen LogP contribution is -2.07. The van der Waals surface area contributed by atoms with Gasteiger partial charge in [-0.3, -0.25) is 0 Å². The van der Waals surface area contributed by atoms with E-state index in [-0.39, 0.29) is 5.63 Å². The zero-order valence-electron chi connectivity index (χ0n) is 8.73. The third-order valence-corrected chi connectivity index (χ3v) is 2.03. The van der Waals surface area contributed by atoms with E-state index in [0.29, 0.717) is 29.3 Å². The fourth-order valence-corrected chi connectivity index (χ4v) is 1.38. The van der Waals surface area contributed by atoms with Crippen LogP contribution in [0.3, 0.4) is 0 Å². The zero-order valence-corrected chi connectivity index (χ0v) is 8.73. The van der Waals surface area contributed by atoms with Gasteiger partial charge in [0, 0.05) is 12.6 Å². The van der Waals surface area contributed by atoms with Crippen LogP contribution in [-0.2, 0) is 6.42 Å². The lowest BCUT2D eigenvalue weighted by Gasteiger charge is -2.02. The van der Waals surface area contributed by atoms with Gasteiger partial charge in [0.25, 0.3) is 0 Å². The summed E-state index contributed by atoms with van der Waals surface area (Å²) in [6.45, 7) is 4.09. The fourth-order valence-electron chi connectivity index (χ4n) is 1.38. The smallest absolute Gasteiger partial charge is 0.348 e. The van der Waals surface area contributed by atoms with Gasteiger partial charge in [-0.1, -0.05) is 13.8 Å². The number of hydrogen-bond donors (Lipinski definition) is 0. The second-order valence-corrected chi connectivity index (χ2v) is 3.87. The van der Waals surface area contributed by atoms with Crippen molar-refractivity contribution in [3.05, 3.63) is 34.6 Å². The van der Waals surface area contributed by atoms with Crippen LogP contribution in [0.15, 0.2) is 27.5 Å². The average Bonchev–Trinajstić information content (AvgIpc) is 2.16. The summed E-state index contributed by atoms with van der Waals surface area (Å²) in [4.78, 5) is 19.8. The maximum absolute atomic E-state index is 11.5. The molecular weight excluding hydrogens is 192 g/mol. The fraction of sp³-hybridized carbons (Fsp3) is 0.364. The molecule has 0 bridgehead atoms. The van der Waals surface area contributed by atoms with Crippen molar-refractivity contribution in [1.82, 2.24) is 9.97 Å². The van der Waals surface area contributed by atoms with Gasteiger partial charge < -0.3 is 4.42 Å². The van der Waals surface area contributed by atoms with Gasteiger partial charge in [0.05, 0.1) is 0 Å². The Balaban J connectivity index is 2.57. The molecule has 0 spiro atoms. The summed E-state index contributed by atoms with van der Waals surface area (Å²) in [5.41, 5.74) is 0.105. The Morgan fingerprint density at radius 2 is 2.27 bits per heavy atom. The van der Waals surface area contributed by atoms with Crippen molar-refractivity contribution in [3.63, 3.8) is 0 Å². The topological polar surface area (TPSA) is 56.0 Å². The molecule has 0 aliphatic rings. The molecule has 78 valence electrons. The highest BCUT2D eigenvalue weighted by Gasteiger charge is 2.07. The molecule has 0 aliphatic heterocycles. The van der Waals surface area contributed by atoms with Crippen molar-refractivity contribution in [2.45, 2.75) is 20.3 Å². The molecule has 2 aromatic heterocycles. The predicted octanol–water partition coefficient (Wildman–Crippen LogP) is 1.78. The molecule has 0 aromatic carbocycles. The second kappa shape index (κ2) is 3.81. The van der Waals surface area contributed by atoms with E-state index < -0.39 is 0 Å². The van der Waals surface area contributed by atoms with E-state index in [0.717, 1.165) is 0 Å². The Kier molecular flexibility index (Phi) is 2.49. The molecule has 15 heavy (non-hydrogen) atoms. The second-order valence-electron chi connectivity index (χ2n) is 3.87. The zero-order chi connectivity index (χ0) is 10.8. The Morgan fingerprint density at radius 3 is 3.00 bits per heavy atom. The first-order chi connectivity index (χ1) is 7.16. The van der Waals surface area contributed by atoms with Crippen molar-refractivity contribution in [1.29, 1.82) is 0 Å². The molecule has 0 atom stereocenters. The molecule has 2 heterocycles. The van der Waals surface area contributed by atoms with Crippen molar-refractivity contribution >= 4 is 11.0 Å². The minimum atomic E-state index is -0.358. The SMILES string of the molecule is CC(C)Cc1nc2ncccc2c(=O)o1. The summed E-state index contributed by atoms with van der Waals surface area (Å²) in [5.74, 6) is 0.864. The number of fused-ring (bicyclic) bond motifs is 1. The summed E-state index contributed by atoms with van der Waals surface area (Å²) in [7, 11) is 0. The van der Waals surface area contributed by atoms with Gasteiger partial charge in [0.2, 0.25) is 5.89 Å². The van der Waals surface area contributed by atoms with Crippen LogP contribution in [0, 0.1) is 5.92 Å². The van der Waals surface area contributed by atoms with Gasteiger partial charge in [-0.05, 0) is 18.1 Å². The molecule has 0 fully saturated rings. The Bertz CT molecular complexity index is 531. The van der Waals surface area contributed by atoms with Gasteiger partial charge >= 0.3 is 5.63 Å². The number of pyridine rings is 1. The standard InChI is InChI=1S/C11H12N2O2/c1-7(2)6-9-13-10-8(11(14)15-9)4-3-5-12-10/h3-5,7H,6H2,1-2H3. The van der Waals surface area contributed by atoms with Gasteiger partial charge in [-0.2, -0.15) is 4.98 Å². The monoisotopic (exact) mass is 204 g/mol. The normalized spacial score (nSPS) is 11.1. The first kappa shape index (κ1) is 9.83. The molecule has 0 aliphatic carbocycles. The van der Waals surface area contributed by atoms with E-state index in [1.807, 2.05) is 13.8 Å². The van der Waals surface area contributed by atoms with Crippen LogP contribution in [0.25, 0.3) is 11.0 Å². The molecular formula is C11H12N2O2. The highest BCUT2D eigenvalue weighted by molar-refractivity contribution is 5.72. The van der Waals surface area contributed by atoms with E-state index >= 15 is 0 Å². The van der Waals surface area contributed by atoms with Gasteiger partial charge in [-0.15, -0.1) is 0 Å². The maximum atomic E-state index is 11.5. The average molecular weight is 204 g/mol. The lowest BCUT2D eigenvalue weighted by molar-refractivity contribution is 0.416. The van der Waals surface area contributed by atoms with E-state index in [2.05, 4.69) is 9.97 Å². The van der Waals surface area contributed by atoms with Crippen molar-refractivity contribution in [2.24, 2.45) is 5.92 Å². The van der Waals surface area contributed by atoms with Crippen LogP contribution in [0.5, 0.6) is 0 Å². The third kappa shape index (κ3) is 2.03. The van der Waals surface area contributed by atoms with Crippen molar-refractivity contribution < 1.29 is 4.42 Å². The summed E-state index contributed by atoms with van der Waals surface area (Å²) in [5, 5.41) is 0.435. The van der Waals surface area contributed by atoms with E-state index in [4.69, 9.17) is 4.42 Å². The van der Waals surface area contributed by atoms with Crippen LogP contribution >= 0.6 is 0 Å². The molecule has 0 amide bonds. The number of aromatic nitrogens is 2. The lowest BCUT2D eigenvalue weighted by atomic mass is 10.1.